The third-order valence-electron chi connectivity index (χ3n) is 3.98. The van der Waals surface area contributed by atoms with Crippen molar-refractivity contribution in [3.05, 3.63) is 66.1 Å². The van der Waals surface area contributed by atoms with Gasteiger partial charge in [0.1, 0.15) is 11.6 Å². The number of hydrogen-bond acceptors (Lipinski definition) is 4. The zero-order chi connectivity index (χ0) is 18.7. The highest BCUT2D eigenvalue weighted by Gasteiger charge is 2.25. The molecule has 1 N–H and O–H groups in total. The minimum atomic E-state index is -0.957. The number of carbonyl (C=O) groups excluding carboxylic acids is 2. The average Bonchev–Trinajstić information content (AvgIpc) is 3.07. The van der Waals surface area contributed by atoms with Crippen LogP contribution in [0.3, 0.4) is 0 Å². The lowest BCUT2D eigenvalue weighted by molar-refractivity contribution is -0.153. The van der Waals surface area contributed by atoms with Gasteiger partial charge in [0.05, 0.1) is 0 Å². The molecule has 5 nitrogen and oxygen atoms in total. The summed E-state index contributed by atoms with van der Waals surface area (Å²) in [7, 11) is 0. The minimum Gasteiger partial charge on any atom is -0.479 e. The fourth-order valence-corrected chi connectivity index (χ4v) is 2.58. The van der Waals surface area contributed by atoms with Gasteiger partial charge in [0.25, 0.3) is 0 Å². The zero-order valence-corrected chi connectivity index (χ0v) is 14.4. The van der Waals surface area contributed by atoms with E-state index in [9.17, 15) is 14.0 Å². The van der Waals surface area contributed by atoms with Crippen molar-refractivity contribution in [2.45, 2.75) is 26.1 Å². The number of para-hydroxylation sites is 1. The molecular weight excluding hydrogens is 337 g/mol. The van der Waals surface area contributed by atoms with Crippen molar-refractivity contribution < 1.29 is 23.5 Å². The SMILES string of the molecule is C[C@H](Oc1ccc(F)cc1)C(=O)O[C@H](C)C(=O)c1c[nH]c2ccccc12. The smallest absolute Gasteiger partial charge is 0.347 e. The standard InChI is InChI=1S/C20H18FNO4/c1-12(19(23)17-11-22-18-6-4-3-5-16(17)18)26-20(24)13(2)25-15-9-7-14(21)8-10-15/h3-13,22H,1-2H3/t12-,13+/m1/s1. The predicted octanol–water partition coefficient (Wildman–Crippen LogP) is 3.89. The second kappa shape index (κ2) is 7.39. The van der Waals surface area contributed by atoms with Crippen molar-refractivity contribution in [3.8, 4) is 5.75 Å². The molecule has 3 rings (SSSR count). The van der Waals surface area contributed by atoms with Gasteiger partial charge in [-0.05, 0) is 44.2 Å². The first-order valence-electron chi connectivity index (χ1n) is 8.19. The number of aromatic nitrogens is 1. The number of ether oxygens (including phenoxy) is 2. The highest BCUT2D eigenvalue weighted by Crippen LogP contribution is 2.20. The van der Waals surface area contributed by atoms with E-state index in [0.29, 0.717) is 11.3 Å². The van der Waals surface area contributed by atoms with E-state index in [2.05, 4.69) is 4.98 Å². The van der Waals surface area contributed by atoms with Crippen LogP contribution in [0, 0.1) is 5.82 Å². The van der Waals surface area contributed by atoms with Crippen molar-refractivity contribution in [1.29, 1.82) is 0 Å². The molecule has 0 aliphatic rings. The Hall–Kier alpha value is -3.15. The number of esters is 1. The number of halogens is 1. The number of ketones is 1. The Morgan fingerprint density at radius 1 is 1.00 bits per heavy atom. The number of carbonyl (C=O) groups is 2. The molecule has 2 aromatic carbocycles. The third-order valence-corrected chi connectivity index (χ3v) is 3.98. The van der Waals surface area contributed by atoms with Crippen molar-refractivity contribution in [3.63, 3.8) is 0 Å². The largest absolute Gasteiger partial charge is 0.479 e. The molecule has 134 valence electrons. The van der Waals surface area contributed by atoms with Crippen LogP contribution in [-0.4, -0.2) is 28.9 Å². The molecule has 1 heterocycles. The molecule has 1 aromatic heterocycles. The number of Topliss-reactive ketones (excluding diaryl/α,β-unsaturated/α-hetero) is 1. The van der Waals surface area contributed by atoms with Gasteiger partial charge in [-0.3, -0.25) is 4.79 Å². The zero-order valence-electron chi connectivity index (χ0n) is 14.4. The molecule has 0 unspecified atom stereocenters. The second-order valence-electron chi connectivity index (χ2n) is 5.91. The first-order valence-corrected chi connectivity index (χ1v) is 8.19. The maximum Gasteiger partial charge on any atom is 0.347 e. The summed E-state index contributed by atoms with van der Waals surface area (Å²) in [4.78, 5) is 27.8. The van der Waals surface area contributed by atoms with Gasteiger partial charge in [-0.2, -0.15) is 0 Å². The van der Waals surface area contributed by atoms with Crippen molar-refractivity contribution in [1.82, 2.24) is 4.98 Å². The molecule has 0 spiro atoms. The molecule has 0 aliphatic carbocycles. The van der Waals surface area contributed by atoms with Crippen LogP contribution < -0.4 is 4.74 Å². The molecule has 26 heavy (non-hydrogen) atoms. The topological polar surface area (TPSA) is 68.4 Å². The summed E-state index contributed by atoms with van der Waals surface area (Å²) in [5, 5.41) is 0.774. The number of nitrogens with one attached hydrogen (secondary N) is 1. The highest BCUT2D eigenvalue weighted by atomic mass is 19.1. The predicted molar refractivity (Wildman–Crippen MR) is 94.7 cm³/mol. The van der Waals surface area contributed by atoms with Crippen LogP contribution in [0.4, 0.5) is 4.39 Å². The molecule has 2 atom stereocenters. The van der Waals surface area contributed by atoms with E-state index in [-0.39, 0.29) is 5.78 Å². The number of fused-ring (bicyclic) bond motifs is 1. The summed E-state index contributed by atoms with van der Waals surface area (Å²) in [5.41, 5.74) is 1.30. The van der Waals surface area contributed by atoms with Crippen LogP contribution >= 0.6 is 0 Å². The lowest BCUT2D eigenvalue weighted by atomic mass is 10.1. The van der Waals surface area contributed by atoms with Crippen molar-refractivity contribution in [2.75, 3.05) is 0 Å². The Morgan fingerprint density at radius 2 is 1.69 bits per heavy atom. The van der Waals surface area contributed by atoms with Gasteiger partial charge in [-0.25, -0.2) is 9.18 Å². The number of rotatable bonds is 6. The Labute approximate surface area is 149 Å². The van der Waals surface area contributed by atoms with Gasteiger partial charge in [-0.15, -0.1) is 0 Å². The van der Waals surface area contributed by atoms with Gasteiger partial charge in [0.15, 0.2) is 12.2 Å². The highest BCUT2D eigenvalue weighted by molar-refractivity contribution is 6.10. The maximum atomic E-state index is 12.9. The number of hydrogen-bond donors (Lipinski definition) is 1. The number of benzene rings is 2. The molecule has 0 saturated carbocycles. The van der Waals surface area contributed by atoms with Crippen molar-refractivity contribution in [2.24, 2.45) is 0 Å². The molecule has 3 aromatic rings. The number of H-pyrrole nitrogens is 1. The van der Waals surface area contributed by atoms with Crippen LogP contribution in [-0.2, 0) is 9.53 Å². The summed E-state index contributed by atoms with van der Waals surface area (Å²) in [6, 6.07) is 12.7. The fourth-order valence-electron chi connectivity index (χ4n) is 2.58. The van der Waals surface area contributed by atoms with Gasteiger partial charge in [0.2, 0.25) is 5.78 Å². The fraction of sp³-hybridized carbons (Fsp3) is 0.200. The summed E-state index contributed by atoms with van der Waals surface area (Å²) < 4.78 is 23.6. The van der Waals surface area contributed by atoms with Crippen LogP contribution in [0.5, 0.6) is 5.75 Å². The van der Waals surface area contributed by atoms with E-state index < -0.39 is 24.0 Å². The van der Waals surface area contributed by atoms with Crippen LogP contribution in [0.15, 0.2) is 54.7 Å². The molecule has 0 fully saturated rings. The van der Waals surface area contributed by atoms with E-state index >= 15 is 0 Å². The second-order valence-corrected chi connectivity index (χ2v) is 5.91. The summed E-state index contributed by atoms with van der Waals surface area (Å²) >= 11 is 0. The van der Waals surface area contributed by atoms with E-state index in [0.717, 1.165) is 10.9 Å². The molecule has 0 amide bonds. The molecule has 0 radical (unpaired) electrons. The Morgan fingerprint density at radius 3 is 2.42 bits per heavy atom. The quantitative estimate of drug-likeness (QED) is 0.538. The van der Waals surface area contributed by atoms with Crippen LogP contribution in [0.1, 0.15) is 24.2 Å². The van der Waals surface area contributed by atoms with Crippen molar-refractivity contribution >= 4 is 22.7 Å². The Balaban J connectivity index is 1.64. The van der Waals surface area contributed by atoms with Gasteiger partial charge in [0, 0.05) is 22.7 Å². The van der Waals surface area contributed by atoms with Gasteiger partial charge < -0.3 is 14.5 Å². The minimum absolute atomic E-state index is 0.301. The normalized spacial score (nSPS) is 13.2. The maximum absolute atomic E-state index is 12.9. The molecule has 0 bridgehead atoms. The van der Waals surface area contributed by atoms with E-state index in [1.807, 2.05) is 24.3 Å². The first kappa shape index (κ1) is 17.7. The van der Waals surface area contributed by atoms with Crippen LogP contribution in [0.2, 0.25) is 0 Å². The van der Waals surface area contributed by atoms with Gasteiger partial charge in [-0.1, -0.05) is 18.2 Å². The van der Waals surface area contributed by atoms with Crippen LogP contribution in [0.25, 0.3) is 10.9 Å². The molecule has 6 heteroatoms. The Bertz CT molecular complexity index is 932. The van der Waals surface area contributed by atoms with E-state index in [4.69, 9.17) is 9.47 Å². The first-order chi connectivity index (χ1) is 12.5. The summed E-state index contributed by atoms with van der Waals surface area (Å²) in [6.07, 6.45) is -0.282. The summed E-state index contributed by atoms with van der Waals surface area (Å²) in [6.45, 7) is 3.03. The molecule has 0 saturated heterocycles. The average molecular weight is 355 g/mol. The lowest BCUT2D eigenvalue weighted by Gasteiger charge is -2.17. The monoisotopic (exact) mass is 355 g/mol. The van der Waals surface area contributed by atoms with E-state index in [1.165, 1.54) is 38.1 Å². The number of aromatic amines is 1. The van der Waals surface area contributed by atoms with Gasteiger partial charge >= 0.3 is 5.97 Å². The summed E-state index contributed by atoms with van der Waals surface area (Å²) in [5.74, 6) is -1.03. The Kier molecular flexibility index (Phi) is 5.02. The molecule has 0 aliphatic heterocycles. The molecular formula is C20H18FNO4. The third kappa shape index (κ3) is 3.74. The lowest BCUT2D eigenvalue weighted by Crippen LogP contribution is -2.32. The van der Waals surface area contributed by atoms with E-state index in [1.54, 1.807) is 6.20 Å².